The lowest BCUT2D eigenvalue weighted by molar-refractivity contribution is -0.132. The molecule has 1 unspecified atom stereocenters. The van der Waals surface area contributed by atoms with Crippen LogP contribution < -0.4 is 15.0 Å². The maximum atomic E-state index is 13.3. The van der Waals surface area contributed by atoms with Gasteiger partial charge in [0.1, 0.15) is 17.6 Å². The lowest BCUT2D eigenvalue weighted by Gasteiger charge is -2.25. The van der Waals surface area contributed by atoms with Crippen LogP contribution in [0.5, 0.6) is 5.75 Å². The van der Waals surface area contributed by atoms with E-state index in [1.165, 1.54) is 11.8 Å². The maximum absolute atomic E-state index is 13.3. The van der Waals surface area contributed by atoms with Crippen molar-refractivity contribution in [2.75, 3.05) is 16.8 Å². The molecule has 0 aliphatic carbocycles. The Labute approximate surface area is 209 Å². The molecular formula is C28H27N3O5. The minimum atomic E-state index is -0.963. The summed E-state index contributed by atoms with van der Waals surface area (Å²) in [5.41, 5.74) is 2.40. The number of ketones is 1. The maximum Gasteiger partial charge on any atom is 0.300 e. The van der Waals surface area contributed by atoms with Crippen LogP contribution in [0.3, 0.4) is 0 Å². The molecule has 1 saturated heterocycles. The number of Topliss-reactive ketones (excluding diaryl/α,β-unsaturated/α-hetero) is 1. The molecule has 1 atom stereocenters. The molecule has 2 heterocycles. The van der Waals surface area contributed by atoms with Gasteiger partial charge in [0.15, 0.2) is 0 Å². The van der Waals surface area contributed by atoms with Gasteiger partial charge in [-0.25, -0.2) is 0 Å². The van der Waals surface area contributed by atoms with Crippen molar-refractivity contribution in [1.29, 1.82) is 0 Å². The topological polar surface area (TPSA) is 109 Å². The summed E-state index contributed by atoms with van der Waals surface area (Å²) in [7, 11) is 0. The van der Waals surface area contributed by atoms with Crippen molar-refractivity contribution >= 4 is 34.7 Å². The van der Waals surface area contributed by atoms with E-state index in [1.54, 1.807) is 66.9 Å². The number of hydrogen-bond acceptors (Lipinski definition) is 6. The third kappa shape index (κ3) is 4.84. The van der Waals surface area contributed by atoms with Crippen LogP contribution in [-0.4, -0.2) is 34.3 Å². The molecule has 3 aromatic rings. The van der Waals surface area contributed by atoms with Gasteiger partial charge in [0.2, 0.25) is 5.91 Å². The highest BCUT2D eigenvalue weighted by Crippen LogP contribution is 2.42. The molecule has 2 aromatic carbocycles. The fraction of sp³-hybridized carbons (Fsp3) is 0.214. The number of hydrogen-bond donors (Lipinski definition) is 2. The quantitative estimate of drug-likeness (QED) is 0.284. The average molecular weight is 486 g/mol. The fourth-order valence-electron chi connectivity index (χ4n) is 4.18. The zero-order valence-corrected chi connectivity index (χ0v) is 20.3. The first kappa shape index (κ1) is 24.7. The summed E-state index contributed by atoms with van der Waals surface area (Å²) >= 11 is 0. The number of nitrogens with one attached hydrogen (secondary N) is 1. The SMILES string of the molecule is CCCOc1ccc(/C(O)=C2\C(=O)C(=O)N(c3cccc(NC(C)=O)c3)C2c2ccccn2)cc1C. The first-order valence-electron chi connectivity index (χ1n) is 11.6. The van der Waals surface area contributed by atoms with Crippen LogP contribution in [0.15, 0.2) is 72.4 Å². The molecule has 8 heteroatoms. The number of anilines is 2. The van der Waals surface area contributed by atoms with Crippen molar-refractivity contribution in [2.24, 2.45) is 0 Å². The van der Waals surface area contributed by atoms with Gasteiger partial charge in [-0.15, -0.1) is 0 Å². The van der Waals surface area contributed by atoms with E-state index in [0.717, 1.165) is 12.0 Å². The highest BCUT2D eigenvalue weighted by Gasteiger charge is 2.47. The van der Waals surface area contributed by atoms with E-state index in [4.69, 9.17) is 4.74 Å². The van der Waals surface area contributed by atoms with E-state index in [9.17, 15) is 19.5 Å². The number of aryl methyl sites for hydroxylation is 1. The van der Waals surface area contributed by atoms with E-state index >= 15 is 0 Å². The lowest BCUT2D eigenvalue weighted by Crippen LogP contribution is -2.30. The molecule has 0 spiro atoms. The fourth-order valence-corrected chi connectivity index (χ4v) is 4.18. The number of amides is 2. The summed E-state index contributed by atoms with van der Waals surface area (Å²) in [6.45, 7) is 5.81. The van der Waals surface area contributed by atoms with Gasteiger partial charge in [-0.2, -0.15) is 0 Å². The number of rotatable bonds is 7. The second-order valence-corrected chi connectivity index (χ2v) is 8.48. The number of carbonyl (C=O) groups excluding carboxylic acids is 3. The molecule has 2 amide bonds. The highest BCUT2D eigenvalue weighted by molar-refractivity contribution is 6.51. The summed E-state index contributed by atoms with van der Waals surface area (Å²) in [5.74, 6) is -1.50. The molecule has 1 aromatic heterocycles. The second-order valence-electron chi connectivity index (χ2n) is 8.48. The van der Waals surface area contributed by atoms with Crippen molar-refractivity contribution < 1.29 is 24.2 Å². The molecule has 36 heavy (non-hydrogen) atoms. The minimum absolute atomic E-state index is 0.0646. The molecule has 0 saturated carbocycles. The van der Waals surface area contributed by atoms with E-state index in [1.807, 2.05) is 13.8 Å². The number of benzene rings is 2. The van der Waals surface area contributed by atoms with Gasteiger partial charge in [0, 0.05) is 30.1 Å². The third-order valence-electron chi connectivity index (χ3n) is 5.77. The number of aliphatic hydroxyl groups excluding tert-OH is 1. The molecule has 1 aliphatic heterocycles. The molecule has 184 valence electrons. The van der Waals surface area contributed by atoms with Crippen LogP contribution in [0.25, 0.3) is 5.76 Å². The van der Waals surface area contributed by atoms with Crippen molar-refractivity contribution in [3.05, 3.63) is 89.3 Å². The van der Waals surface area contributed by atoms with Crippen molar-refractivity contribution in [1.82, 2.24) is 4.98 Å². The van der Waals surface area contributed by atoms with Crippen LogP contribution >= 0.6 is 0 Å². The Morgan fingerprint density at radius 1 is 1.11 bits per heavy atom. The Hall–Kier alpha value is -4.46. The largest absolute Gasteiger partial charge is 0.507 e. The van der Waals surface area contributed by atoms with E-state index in [0.29, 0.717) is 35.0 Å². The summed E-state index contributed by atoms with van der Waals surface area (Å²) in [4.78, 5) is 43.9. The standard InChI is InChI=1S/C28H27N3O5/c1-4-14-36-23-12-11-19(15-17(23)2)26(33)24-25(22-10-5-6-13-29-22)31(28(35)27(24)34)21-9-7-8-20(16-21)30-18(3)32/h5-13,15-16,25,33H,4,14H2,1-3H3,(H,30,32)/b26-24+. The smallest absolute Gasteiger partial charge is 0.300 e. The number of aliphatic hydroxyl groups is 1. The number of pyridine rings is 1. The van der Waals surface area contributed by atoms with Crippen LogP contribution in [0.4, 0.5) is 11.4 Å². The van der Waals surface area contributed by atoms with Crippen molar-refractivity contribution in [2.45, 2.75) is 33.2 Å². The summed E-state index contributed by atoms with van der Waals surface area (Å²) < 4.78 is 5.72. The molecule has 0 bridgehead atoms. The van der Waals surface area contributed by atoms with Gasteiger partial charge in [0.25, 0.3) is 11.7 Å². The first-order chi connectivity index (χ1) is 17.3. The van der Waals surface area contributed by atoms with E-state index in [-0.39, 0.29) is 17.2 Å². The van der Waals surface area contributed by atoms with Gasteiger partial charge in [0.05, 0.1) is 17.9 Å². The Bertz CT molecular complexity index is 1350. The van der Waals surface area contributed by atoms with Crippen molar-refractivity contribution in [3.8, 4) is 5.75 Å². The number of aromatic nitrogens is 1. The zero-order chi connectivity index (χ0) is 25.8. The van der Waals surface area contributed by atoms with Crippen LogP contribution in [0.2, 0.25) is 0 Å². The summed E-state index contributed by atoms with van der Waals surface area (Å²) in [6.07, 6.45) is 2.42. The summed E-state index contributed by atoms with van der Waals surface area (Å²) in [5, 5.41) is 14.0. The minimum Gasteiger partial charge on any atom is -0.507 e. The zero-order valence-electron chi connectivity index (χ0n) is 20.3. The van der Waals surface area contributed by atoms with E-state index < -0.39 is 17.7 Å². The average Bonchev–Trinajstić information content (AvgIpc) is 3.13. The van der Waals surface area contributed by atoms with E-state index in [2.05, 4.69) is 10.3 Å². The third-order valence-corrected chi connectivity index (χ3v) is 5.77. The van der Waals surface area contributed by atoms with Gasteiger partial charge in [-0.1, -0.05) is 19.1 Å². The molecule has 1 aliphatic rings. The Balaban J connectivity index is 1.85. The molecular weight excluding hydrogens is 458 g/mol. The van der Waals surface area contributed by atoms with Crippen molar-refractivity contribution in [3.63, 3.8) is 0 Å². The molecule has 4 rings (SSSR count). The molecule has 8 nitrogen and oxygen atoms in total. The monoisotopic (exact) mass is 485 g/mol. The predicted octanol–water partition coefficient (Wildman–Crippen LogP) is 4.76. The molecule has 2 N–H and O–H groups in total. The van der Waals surface area contributed by atoms with Gasteiger partial charge in [-0.3, -0.25) is 24.3 Å². The number of carbonyl (C=O) groups is 3. The molecule has 0 radical (unpaired) electrons. The predicted molar refractivity (Wildman–Crippen MR) is 137 cm³/mol. The van der Waals surface area contributed by atoms with Crippen LogP contribution in [0.1, 0.15) is 43.1 Å². The Morgan fingerprint density at radius 3 is 2.58 bits per heavy atom. The number of nitrogens with zero attached hydrogens (tertiary/aromatic N) is 2. The number of ether oxygens (including phenoxy) is 1. The van der Waals surface area contributed by atoms with Gasteiger partial charge >= 0.3 is 0 Å². The summed E-state index contributed by atoms with van der Waals surface area (Å²) in [6, 6.07) is 16.0. The lowest BCUT2D eigenvalue weighted by atomic mass is 9.97. The highest BCUT2D eigenvalue weighted by atomic mass is 16.5. The second kappa shape index (κ2) is 10.4. The normalized spacial score (nSPS) is 16.8. The van der Waals surface area contributed by atoms with Gasteiger partial charge in [-0.05, 0) is 67.4 Å². The Morgan fingerprint density at radius 2 is 1.92 bits per heavy atom. The Kier molecular flexibility index (Phi) is 7.15. The van der Waals surface area contributed by atoms with Gasteiger partial charge < -0.3 is 15.2 Å². The molecule has 1 fully saturated rings. The van der Waals surface area contributed by atoms with Crippen LogP contribution in [-0.2, 0) is 14.4 Å². The first-order valence-corrected chi connectivity index (χ1v) is 11.6. The van der Waals surface area contributed by atoms with Crippen LogP contribution in [0, 0.1) is 6.92 Å².